The number of carbonyl (C=O) groups excluding carboxylic acids is 2. The molecule has 0 radical (unpaired) electrons. The normalized spacial score (nSPS) is 13.4. The summed E-state index contributed by atoms with van der Waals surface area (Å²) in [5.41, 5.74) is 3.79. The van der Waals surface area contributed by atoms with Crippen LogP contribution in [0.5, 0.6) is 0 Å². The van der Waals surface area contributed by atoms with E-state index in [0.717, 1.165) is 22.3 Å². The van der Waals surface area contributed by atoms with E-state index < -0.39 is 17.5 Å². The molecule has 1 amide bonds. The number of carbonyl (C=O) groups is 2. The molecule has 0 unspecified atom stereocenters. The molecule has 8 nitrogen and oxygen atoms in total. The minimum absolute atomic E-state index is 0. The van der Waals surface area contributed by atoms with Crippen LogP contribution in [0.2, 0.25) is 0 Å². The van der Waals surface area contributed by atoms with Crippen molar-refractivity contribution < 1.29 is 53.6 Å². The number of benzene rings is 3. The Bertz CT molecular complexity index is 1320. The van der Waals surface area contributed by atoms with Gasteiger partial charge in [-0.2, -0.15) is 0 Å². The van der Waals surface area contributed by atoms with Crippen LogP contribution in [-0.2, 0) is 21.6 Å². The van der Waals surface area contributed by atoms with Gasteiger partial charge in [-0.05, 0) is 45.4 Å². The number of carboxylic acids is 1. The number of amides is 1. The molecule has 1 aliphatic carbocycles. The molecule has 5 rings (SSSR count). The van der Waals surface area contributed by atoms with E-state index in [1.54, 1.807) is 0 Å². The maximum atomic E-state index is 12.2. The second-order valence-corrected chi connectivity index (χ2v) is 8.17. The minimum Gasteiger partial charge on any atom is -0.549 e. The van der Waals surface area contributed by atoms with Crippen molar-refractivity contribution in [2.75, 3.05) is 5.32 Å². The molecule has 170 valence electrons. The summed E-state index contributed by atoms with van der Waals surface area (Å²) in [6.45, 7) is 0.130. The van der Waals surface area contributed by atoms with Crippen molar-refractivity contribution >= 4 is 17.9 Å². The standard InChI is InChI=1S/C26H21N3O5.Na/c30-24(31)26(14-15-26)21-12-10-19(11-13-21)18-6-8-20(9-7-18)22-23(29-34-28-22)27-25(32)33-16-17-4-2-1-3-5-17;/h1-13H,14-16H2,(H,30,31)(H,27,29,32);/q;+1/p-1. The predicted molar refractivity (Wildman–Crippen MR) is 121 cm³/mol. The van der Waals surface area contributed by atoms with Gasteiger partial charge in [0.25, 0.3) is 0 Å². The molecule has 1 saturated carbocycles. The number of anilines is 1. The van der Waals surface area contributed by atoms with Crippen LogP contribution < -0.4 is 40.0 Å². The molecule has 1 heterocycles. The quantitative estimate of drug-likeness (QED) is 0.394. The molecular weight excluding hydrogens is 457 g/mol. The molecular formula is C26H20N3NaO5. The molecule has 0 aliphatic heterocycles. The fourth-order valence-electron chi connectivity index (χ4n) is 3.85. The molecule has 9 heteroatoms. The number of carboxylic acid groups (broad SMARTS) is 1. The Balaban J connectivity index is 0.00000289. The molecule has 4 aromatic rings. The average Bonchev–Trinajstić information content (AvgIpc) is 3.57. The smallest absolute Gasteiger partial charge is 0.549 e. The van der Waals surface area contributed by atoms with E-state index in [-0.39, 0.29) is 42.0 Å². The summed E-state index contributed by atoms with van der Waals surface area (Å²) in [6.07, 6.45) is 0.568. The Hall–Kier alpha value is -3.46. The third kappa shape index (κ3) is 5.30. The third-order valence-corrected chi connectivity index (χ3v) is 5.99. The Morgan fingerprint density at radius 2 is 1.49 bits per heavy atom. The zero-order chi connectivity index (χ0) is 23.5. The van der Waals surface area contributed by atoms with E-state index in [2.05, 4.69) is 15.6 Å². The summed E-state index contributed by atoms with van der Waals surface area (Å²) in [4.78, 5) is 23.6. The number of hydrogen-bond acceptors (Lipinski definition) is 7. The van der Waals surface area contributed by atoms with Crippen LogP contribution in [-0.4, -0.2) is 22.4 Å². The average molecular weight is 477 g/mol. The minimum atomic E-state index is -1.01. The van der Waals surface area contributed by atoms with Crippen molar-refractivity contribution in [3.8, 4) is 22.4 Å². The van der Waals surface area contributed by atoms with E-state index in [4.69, 9.17) is 9.37 Å². The summed E-state index contributed by atoms with van der Waals surface area (Å²) in [5, 5.41) is 21.7. The van der Waals surface area contributed by atoms with Crippen molar-refractivity contribution in [2.45, 2.75) is 24.9 Å². The van der Waals surface area contributed by atoms with Crippen LogP contribution in [0.3, 0.4) is 0 Å². The van der Waals surface area contributed by atoms with Gasteiger partial charge in [0, 0.05) is 11.0 Å². The number of hydrogen-bond donors (Lipinski definition) is 1. The van der Waals surface area contributed by atoms with Gasteiger partial charge < -0.3 is 14.6 Å². The molecule has 1 aromatic heterocycles. The van der Waals surface area contributed by atoms with Gasteiger partial charge in [-0.25, -0.2) is 9.42 Å². The van der Waals surface area contributed by atoms with E-state index >= 15 is 0 Å². The number of ether oxygens (including phenoxy) is 1. The van der Waals surface area contributed by atoms with Crippen LogP contribution >= 0.6 is 0 Å². The summed E-state index contributed by atoms with van der Waals surface area (Å²) in [7, 11) is 0. The van der Waals surface area contributed by atoms with Gasteiger partial charge in [0.2, 0.25) is 5.82 Å². The molecule has 0 atom stereocenters. The Kier molecular flexibility index (Phi) is 7.35. The van der Waals surface area contributed by atoms with Crippen molar-refractivity contribution in [3.63, 3.8) is 0 Å². The summed E-state index contributed by atoms with van der Waals surface area (Å²) in [5.74, 6) is -0.855. The van der Waals surface area contributed by atoms with Crippen LogP contribution in [0.25, 0.3) is 22.4 Å². The van der Waals surface area contributed by atoms with Crippen LogP contribution in [0.4, 0.5) is 10.6 Å². The monoisotopic (exact) mass is 477 g/mol. The Morgan fingerprint density at radius 1 is 0.886 bits per heavy atom. The fraction of sp³-hybridized carbons (Fsp3) is 0.154. The SMILES string of the molecule is O=C(Nc1nonc1-c1ccc(-c2ccc(C3(C(=O)[O-])CC3)cc2)cc1)OCc1ccccc1.[Na+]. The molecule has 1 aliphatic rings. The second-order valence-electron chi connectivity index (χ2n) is 8.17. The van der Waals surface area contributed by atoms with Crippen molar-refractivity contribution in [2.24, 2.45) is 0 Å². The van der Waals surface area contributed by atoms with Crippen molar-refractivity contribution in [3.05, 3.63) is 90.0 Å². The van der Waals surface area contributed by atoms with Gasteiger partial charge in [-0.1, -0.05) is 78.9 Å². The van der Waals surface area contributed by atoms with Crippen molar-refractivity contribution in [1.29, 1.82) is 0 Å². The Morgan fingerprint density at radius 3 is 2.09 bits per heavy atom. The number of aliphatic carboxylic acids is 1. The van der Waals surface area contributed by atoms with Gasteiger partial charge in [-0.3, -0.25) is 5.32 Å². The zero-order valence-corrected chi connectivity index (χ0v) is 21.1. The molecule has 1 N–H and O–H groups in total. The summed E-state index contributed by atoms with van der Waals surface area (Å²) >= 11 is 0. The van der Waals surface area contributed by atoms with Gasteiger partial charge in [0.1, 0.15) is 6.61 Å². The first kappa shape index (κ1) is 24.7. The van der Waals surface area contributed by atoms with E-state index in [9.17, 15) is 14.7 Å². The van der Waals surface area contributed by atoms with E-state index in [1.807, 2.05) is 78.9 Å². The first-order valence-electron chi connectivity index (χ1n) is 10.8. The zero-order valence-electron chi connectivity index (χ0n) is 19.1. The van der Waals surface area contributed by atoms with Crippen LogP contribution in [0.1, 0.15) is 24.0 Å². The summed E-state index contributed by atoms with van der Waals surface area (Å²) < 4.78 is 10.0. The van der Waals surface area contributed by atoms with Gasteiger partial charge in [0.05, 0.1) is 5.97 Å². The predicted octanol–water partition coefficient (Wildman–Crippen LogP) is 0.938. The third-order valence-electron chi connectivity index (χ3n) is 5.99. The number of aromatic nitrogens is 2. The maximum Gasteiger partial charge on any atom is 1.00 e. The molecule has 0 spiro atoms. The Labute approximate surface area is 223 Å². The van der Waals surface area contributed by atoms with E-state index in [1.165, 1.54) is 0 Å². The molecule has 1 fully saturated rings. The van der Waals surface area contributed by atoms with Gasteiger partial charge >= 0.3 is 35.7 Å². The number of nitrogens with one attached hydrogen (secondary N) is 1. The number of nitrogens with zero attached hydrogens (tertiary/aromatic N) is 2. The van der Waals surface area contributed by atoms with Crippen LogP contribution in [0, 0.1) is 0 Å². The topological polar surface area (TPSA) is 117 Å². The van der Waals surface area contributed by atoms with Crippen molar-refractivity contribution in [1.82, 2.24) is 10.3 Å². The number of rotatable bonds is 7. The first-order chi connectivity index (χ1) is 16.5. The fourth-order valence-corrected chi connectivity index (χ4v) is 3.85. The van der Waals surface area contributed by atoms with E-state index in [0.29, 0.717) is 24.1 Å². The van der Waals surface area contributed by atoms with Gasteiger partial charge in [0.15, 0.2) is 5.69 Å². The van der Waals surface area contributed by atoms with Gasteiger partial charge in [-0.15, -0.1) is 0 Å². The maximum absolute atomic E-state index is 12.2. The molecule has 0 bridgehead atoms. The molecule has 0 saturated heterocycles. The molecule has 3 aromatic carbocycles. The summed E-state index contributed by atoms with van der Waals surface area (Å²) in [6, 6.07) is 24.3. The largest absolute Gasteiger partial charge is 1.00 e. The first-order valence-corrected chi connectivity index (χ1v) is 10.8. The second kappa shape index (κ2) is 10.4. The molecule has 35 heavy (non-hydrogen) atoms. The van der Waals surface area contributed by atoms with Crippen LogP contribution in [0.15, 0.2) is 83.5 Å².